The highest BCUT2D eigenvalue weighted by Gasteiger charge is 2.50. The van der Waals surface area contributed by atoms with Crippen molar-refractivity contribution < 1.29 is 10.1 Å². The molecule has 1 aliphatic heterocycles. The highest BCUT2D eigenvalue weighted by atomic mass is 16.3. The van der Waals surface area contributed by atoms with Gasteiger partial charge in [0.15, 0.2) is 5.69 Å². The highest BCUT2D eigenvalue weighted by molar-refractivity contribution is 5.76. The Kier molecular flexibility index (Phi) is 3.95. The quantitative estimate of drug-likeness (QED) is 0.736. The van der Waals surface area contributed by atoms with Gasteiger partial charge < -0.3 is 10.0 Å². The van der Waals surface area contributed by atoms with E-state index in [2.05, 4.69) is 52.3 Å². The van der Waals surface area contributed by atoms with Crippen LogP contribution in [0.2, 0.25) is 0 Å². The molecule has 0 unspecified atom stereocenters. The van der Waals surface area contributed by atoms with Gasteiger partial charge in [-0.15, -0.1) is 0 Å². The number of phenols is 1. The maximum absolute atomic E-state index is 10.8. The Morgan fingerprint density at radius 2 is 1.90 bits per heavy atom. The zero-order chi connectivity index (χ0) is 19.4. The van der Waals surface area contributed by atoms with E-state index in [0.717, 1.165) is 43.8 Å². The van der Waals surface area contributed by atoms with Crippen LogP contribution < -0.4 is 4.98 Å². The molecular weight excluding hydrogens is 356 g/mol. The van der Waals surface area contributed by atoms with Crippen LogP contribution in [0.25, 0.3) is 10.9 Å². The lowest BCUT2D eigenvalue weighted by Gasteiger charge is -2.50. The molecule has 3 nitrogen and oxygen atoms in total. The first kappa shape index (κ1) is 17.5. The Hall–Kier alpha value is -2.39. The number of piperidine rings is 1. The Labute approximate surface area is 172 Å². The van der Waals surface area contributed by atoms with E-state index in [1.54, 1.807) is 0 Å². The van der Waals surface area contributed by atoms with E-state index in [1.165, 1.54) is 41.5 Å². The molecular formula is C26H29N2O+. The number of para-hydroxylation sites is 2. The van der Waals surface area contributed by atoms with Crippen LogP contribution in [0.15, 0.2) is 54.6 Å². The average molecular weight is 386 g/mol. The molecule has 0 bridgehead atoms. The Balaban J connectivity index is 1.45. The van der Waals surface area contributed by atoms with E-state index < -0.39 is 0 Å². The first-order chi connectivity index (χ1) is 14.2. The van der Waals surface area contributed by atoms with Gasteiger partial charge in [-0.25, -0.2) is 4.98 Å². The zero-order valence-corrected chi connectivity index (χ0v) is 16.9. The number of likely N-dealkylation sites (tertiary alicyclic amines) is 1. The van der Waals surface area contributed by atoms with E-state index in [1.807, 2.05) is 12.1 Å². The first-order valence-electron chi connectivity index (χ1n) is 11.1. The van der Waals surface area contributed by atoms with Crippen LogP contribution in [0, 0.1) is 11.8 Å². The lowest BCUT2D eigenvalue weighted by atomic mass is 9.58. The second kappa shape index (κ2) is 6.56. The maximum Gasteiger partial charge on any atom is 0.211 e. The average Bonchev–Trinajstić information content (AvgIpc) is 3.55. The predicted molar refractivity (Wildman–Crippen MR) is 115 cm³/mol. The standard InChI is InChI=1S/C26H28N2O/c29-25-8-4-2-6-22(25)26-11-12-28(16-18-9-10-18)17-21(26)14-20-13-19-5-1-3-7-23(19)27-24(20)15-26/h1-8,13,18,21,29H,9-12,14-17H2/p+1/t21-,26-/m0/s1. The fourth-order valence-corrected chi connectivity index (χ4v) is 5.98. The summed E-state index contributed by atoms with van der Waals surface area (Å²) in [5.74, 6) is 1.95. The molecule has 0 spiro atoms. The van der Waals surface area contributed by atoms with Crippen LogP contribution in [0.1, 0.15) is 36.1 Å². The van der Waals surface area contributed by atoms with Gasteiger partial charge in [0, 0.05) is 47.5 Å². The third-order valence-electron chi connectivity index (χ3n) is 7.71. The minimum atomic E-state index is 0.0252. The number of benzene rings is 2. The van der Waals surface area contributed by atoms with E-state index in [0.29, 0.717) is 11.7 Å². The van der Waals surface area contributed by atoms with Gasteiger partial charge in [-0.2, -0.15) is 0 Å². The summed E-state index contributed by atoms with van der Waals surface area (Å²) in [6, 6.07) is 19.1. The number of H-pyrrole nitrogens is 1. The summed E-state index contributed by atoms with van der Waals surface area (Å²) >= 11 is 0. The lowest BCUT2D eigenvalue weighted by molar-refractivity contribution is -0.361. The minimum Gasteiger partial charge on any atom is -0.508 e. The zero-order valence-electron chi connectivity index (χ0n) is 16.9. The maximum atomic E-state index is 10.8. The number of aromatic amines is 1. The molecule has 3 heteroatoms. The minimum absolute atomic E-state index is 0.0252. The van der Waals surface area contributed by atoms with Gasteiger partial charge in [-0.05, 0) is 62.3 Å². The van der Waals surface area contributed by atoms with E-state index in [-0.39, 0.29) is 5.41 Å². The number of phenolic OH excluding ortho intramolecular Hbond substituents is 1. The number of nitrogens with one attached hydrogen (secondary N) is 1. The molecule has 2 atom stereocenters. The van der Waals surface area contributed by atoms with Crippen LogP contribution in [0.4, 0.5) is 0 Å². The largest absolute Gasteiger partial charge is 0.508 e. The van der Waals surface area contributed by atoms with Gasteiger partial charge in [-0.1, -0.05) is 30.3 Å². The first-order valence-corrected chi connectivity index (χ1v) is 11.1. The molecule has 1 aromatic heterocycles. The molecule has 29 heavy (non-hydrogen) atoms. The van der Waals surface area contributed by atoms with E-state index in [4.69, 9.17) is 0 Å². The second-order valence-corrected chi connectivity index (χ2v) is 9.56. The number of nitrogens with zero attached hydrogens (tertiary/aromatic N) is 1. The smallest absolute Gasteiger partial charge is 0.211 e. The third kappa shape index (κ3) is 2.95. The van der Waals surface area contributed by atoms with Crippen molar-refractivity contribution in [3.63, 3.8) is 0 Å². The normalized spacial score (nSPS) is 26.8. The summed E-state index contributed by atoms with van der Waals surface area (Å²) in [5, 5.41) is 12.1. The molecule has 2 N–H and O–H groups in total. The van der Waals surface area contributed by atoms with Crippen LogP contribution >= 0.6 is 0 Å². The predicted octanol–water partition coefficient (Wildman–Crippen LogP) is 4.13. The summed E-state index contributed by atoms with van der Waals surface area (Å²) in [5.41, 5.74) is 5.22. The fourth-order valence-electron chi connectivity index (χ4n) is 5.98. The van der Waals surface area contributed by atoms with Crippen molar-refractivity contribution in [1.29, 1.82) is 0 Å². The molecule has 2 fully saturated rings. The molecule has 2 heterocycles. The van der Waals surface area contributed by atoms with Gasteiger partial charge in [0.1, 0.15) is 5.75 Å². The number of hydrogen-bond acceptors (Lipinski definition) is 2. The number of aromatic nitrogens is 1. The van der Waals surface area contributed by atoms with Crippen LogP contribution in [-0.2, 0) is 18.3 Å². The monoisotopic (exact) mass is 385 g/mol. The second-order valence-electron chi connectivity index (χ2n) is 9.56. The fraction of sp³-hybridized carbons (Fsp3) is 0.423. The molecule has 6 rings (SSSR count). The Morgan fingerprint density at radius 3 is 2.76 bits per heavy atom. The third-order valence-corrected chi connectivity index (χ3v) is 7.71. The lowest BCUT2D eigenvalue weighted by Crippen LogP contribution is -2.55. The van der Waals surface area contributed by atoms with Crippen molar-refractivity contribution >= 4 is 10.9 Å². The summed E-state index contributed by atoms with van der Waals surface area (Å²) < 4.78 is 0. The van der Waals surface area contributed by atoms with Gasteiger partial charge >= 0.3 is 0 Å². The van der Waals surface area contributed by atoms with Gasteiger partial charge in [0.2, 0.25) is 5.52 Å². The van der Waals surface area contributed by atoms with Gasteiger partial charge in [0.25, 0.3) is 0 Å². The van der Waals surface area contributed by atoms with Crippen molar-refractivity contribution in [3.8, 4) is 5.75 Å². The van der Waals surface area contributed by atoms with E-state index >= 15 is 0 Å². The van der Waals surface area contributed by atoms with Crippen LogP contribution in [0.3, 0.4) is 0 Å². The number of aromatic hydroxyl groups is 1. The number of rotatable bonds is 3. The summed E-state index contributed by atoms with van der Waals surface area (Å²) in [4.78, 5) is 6.46. The highest BCUT2D eigenvalue weighted by Crippen LogP contribution is 2.50. The van der Waals surface area contributed by atoms with Gasteiger partial charge in [-0.3, -0.25) is 0 Å². The molecule has 148 valence electrons. The number of pyridine rings is 1. The summed E-state index contributed by atoms with van der Waals surface area (Å²) in [7, 11) is 0. The molecule has 0 amide bonds. The molecule has 1 saturated heterocycles. The van der Waals surface area contributed by atoms with Crippen LogP contribution in [0.5, 0.6) is 5.75 Å². The van der Waals surface area contributed by atoms with Crippen LogP contribution in [-0.4, -0.2) is 29.6 Å². The van der Waals surface area contributed by atoms with Crippen molar-refractivity contribution in [3.05, 3.63) is 71.4 Å². The van der Waals surface area contributed by atoms with Crippen molar-refractivity contribution in [2.45, 2.75) is 37.5 Å². The topological polar surface area (TPSA) is 37.6 Å². The number of hydrogen-bond donors (Lipinski definition) is 1. The van der Waals surface area contributed by atoms with Crippen molar-refractivity contribution in [2.24, 2.45) is 11.8 Å². The summed E-state index contributed by atoms with van der Waals surface area (Å²) in [6.07, 6.45) is 6.03. The Morgan fingerprint density at radius 1 is 1.07 bits per heavy atom. The molecule has 3 aromatic rings. The summed E-state index contributed by atoms with van der Waals surface area (Å²) in [6.45, 7) is 3.56. The Bertz CT molecular complexity index is 1070. The molecule has 0 radical (unpaired) electrons. The van der Waals surface area contributed by atoms with Crippen molar-refractivity contribution in [1.82, 2.24) is 4.90 Å². The van der Waals surface area contributed by atoms with Gasteiger partial charge in [0.05, 0.1) is 0 Å². The molecule has 2 aliphatic carbocycles. The molecule has 1 saturated carbocycles. The molecule has 3 aliphatic rings. The van der Waals surface area contributed by atoms with Crippen molar-refractivity contribution in [2.75, 3.05) is 19.6 Å². The molecule has 2 aromatic carbocycles. The SMILES string of the molecule is Oc1ccccc1[C@]12CCN(CC3CC3)C[C@@H]1Cc1cc3ccccc3[nH+]c1C2. The van der Waals surface area contributed by atoms with E-state index in [9.17, 15) is 5.11 Å². The number of fused-ring (bicyclic) bond motifs is 3.